The quantitative estimate of drug-likeness (QED) is 0.622. The molecule has 0 unspecified atom stereocenters. The van der Waals surface area contributed by atoms with E-state index in [4.69, 9.17) is 4.74 Å². The highest BCUT2D eigenvalue weighted by Gasteiger charge is 2.23. The lowest BCUT2D eigenvalue weighted by molar-refractivity contribution is -0.115. The van der Waals surface area contributed by atoms with Crippen molar-refractivity contribution in [1.29, 1.82) is 0 Å². The van der Waals surface area contributed by atoms with Crippen molar-refractivity contribution >= 4 is 23.8 Å². The van der Waals surface area contributed by atoms with Gasteiger partial charge in [-0.3, -0.25) is 4.79 Å². The van der Waals surface area contributed by atoms with Crippen LogP contribution in [0.15, 0.2) is 28.6 Å². The molecule has 2 aromatic heterocycles. The van der Waals surface area contributed by atoms with Crippen molar-refractivity contribution in [2.45, 2.75) is 40.0 Å². The Labute approximate surface area is 161 Å². The van der Waals surface area contributed by atoms with Gasteiger partial charge in [0.05, 0.1) is 18.4 Å². The van der Waals surface area contributed by atoms with E-state index in [0.717, 1.165) is 11.4 Å². The van der Waals surface area contributed by atoms with Crippen molar-refractivity contribution in [3.05, 3.63) is 40.5 Å². The van der Waals surface area contributed by atoms with E-state index in [1.165, 1.54) is 17.1 Å². The molecule has 0 fully saturated rings. The molecule has 0 aliphatic heterocycles. The van der Waals surface area contributed by atoms with Gasteiger partial charge in [-0.1, -0.05) is 0 Å². The van der Waals surface area contributed by atoms with Crippen LogP contribution in [0.1, 0.15) is 47.9 Å². The number of allylic oxidation sites excluding steroid dienone is 2. The van der Waals surface area contributed by atoms with E-state index in [1.54, 1.807) is 6.92 Å². The van der Waals surface area contributed by atoms with Crippen LogP contribution in [0.2, 0.25) is 0 Å². The number of rotatable bonds is 5. The monoisotopic (exact) mass is 383 g/mol. The van der Waals surface area contributed by atoms with Crippen LogP contribution in [0.3, 0.4) is 0 Å². The number of aliphatic hydroxyl groups is 1. The molecule has 2 heterocycles. The van der Waals surface area contributed by atoms with Gasteiger partial charge in [-0.05, 0) is 33.3 Å². The summed E-state index contributed by atoms with van der Waals surface area (Å²) in [5.41, 5.74) is 1.71. The molecule has 2 aromatic rings. The second-order valence-electron chi connectivity index (χ2n) is 6.36. The molecule has 1 aliphatic rings. The number of aromatic nitrogens is 4. The Morgan fingerprint density at radius 1 is 1.32 bits per heavy atom. The molecule has 0 amide bonds. The summed E-state index contributed by atoms with van der Waals surface area (Å²) in [6.07, 6.45) is 3.94. The summed E-state index contributed by atoms with van der Waals surface area (Å²) >= 11 is 0. The lowest BCUT2D eigenvalue weighted by atomic mass is 9.97. The predicted octanol–water partition coefficient (Wildman–Crippen LogP) is 2.72. The number of ketones is 1. The Hall–Kier alpha value is -3.36. The Bertz CT molecular complexity index is 970. The van der Waals surface area contributed by atoms with Gasteiger partial charge in [-0.25, -0.2) is 19.8 Å². The third-order valence-corrected chi connectivity index (χ3v) is 4.14. The van der Waals surface area contributed by atoms with E-state index in [0.29, 0.717) is 19.3 Å². The number of aliphatic hydroxyl groups excluding tert-OH is 1. The fraction of sp³-hybridized carbons (Fsp3) is 0.368. The van der Waals surface area contributed by atoms with Crippen LogP contribution in [0, 0.1) is 13.8 Å². The summed E-state index contributed by atoms with van der Waals surface area (Å²) in [6, 6.07) is 1.81. The number of carbonyl (C=O) groups excluding carboxylic acids is 2. The molecular weight excluding hydrogens is 362 g/mol. The second-order valence-corrected chi connectivity index (χ2v) is 6.36. The molecule has 146 valence electrons. The minimum atomic E-state index is -0.599. The first kappa shape index (κ1) is 19.4. The maximum atomic E-state index is 12.3. The minimum absolute atomic E-state index is 0.00796. The van der Waals surface area contributed by atoms with E-state index in [1.807, 2.05) is 19.9 Å². The van der Waals surface area contributed by atoms with Gasteiger partial charge in [0.15, 0.2) is 11.6 Å². The van der Waals surface area contributed by atoms with Crippen molar-refractivity contribution in [3.8, 4) is 5.95 Å². The smallest absolute Gasteiger partial charge is 0.343 e. The average Bonchev–Trinajstić information content (AvgIpc) is 3.05. The first-order valence-corrected chi connectivity index (χ1v) is 8.98. The minimum Gasteiger partial charge on any atom is -0.512 e. The fourth-order valence-electron chi connectivity index (χ4n) is 2.89. The topological polar surface area (TPSA) is 120 Å². The van der Waals surface area contributed by atoms with Gasteiger partial charge in [-0.2, -0.15) is 9.78 Å². The maximum absolute atomic E-state index is 12.3. The SMILES string of the molecule is CCOC(=O)c1cnn(-c2nc(C)cc(C)n2)c1N=CC1=C(O)CCCC1=O. The molecule has 3 rings (SSSR count). The maximum Gasteiger partial charge on any atom is 0.343 e. The van der Waals surface area contributed by atoms with E-state index in [-0.39, 0.29) is 41.1 Å². The van der Waals surface area contributed by atoms with Gasteiger partial charge in [0.1, 0.15) is 11.3 Å². The Morgan fingerprint density at radius 3 is 2.68 bits per heavy atom. The molecule has 0 aromatic carbocycles. The average molecular weight is 383 g/mol. The summed E-state index contributed by atoms with van der Waals surface area (Å²) in [7, 11) is 0. The molecule has 1 N–H and O–H groups in total. The van der Waals surface area contributed by atoms with Crippen molar-refractivity contribution in [2.24, 2.45) is 4.99 Å². The number of esters is 1. The molecule has 0 spiro atoms. The third kappa shape index (κ3) is 3.98. The lowest BCUT2D eigenvalue weighted by Gasteiger charge is -2.11. The normalized spacial score (nSPS) is 14.8. The summed E-state index contributed by atoms with van der Waals surface area (Å²) < 4.78 is 6.38. The first-order valence-electron chi connectivity index (χ1n) is 8.98. The van der Waals surface area contributed by atoms with Crippen molar-refractivity contribution in [2.75, 3.05) is 6.61 Å². The standard InChI is InChI=1S/C19H21N5O4/c1-4-28-18(27)14-10-21-24(19-22-11(2)8-12(3)23-19)17(14)20-9-13-15(25)6-5-7-16(13)26/h8-10,25H,4-7H2,1-3H3. The number of aryl methyl sites for hydroxylation is 2. The van der Waals surface area contributed by atoms with Gasteiger partial charge in [0.25, 0.3) is 5.95 Å². The van der Waals surface area contributed by atoms with Crippen molar-refractivity contribution < 1.29 is 19.4 Å². The summed E-state index contributed by atoms with van der Waals surface area (Å²) in [4.78, 5) is 37.4. The molecular formula is C19H21N5O4. The van der Waals surface area contributed by atoms with Crippen LogP contribution in [0.4, 0.5) is 5.82 Å². The van der Waals surface area contributed by atoms with Gasteiger partial charge in [0.2, 0.25) is 0 Å². The number of hydrogen-bond donors (Lipinski definition) is 1. The molecule has 0 saturated heterocycles. The van der Waals surface area contributed by atoms with E-state index in [2.05, 4.69) is 20.1 Å². The largest absolute Gasteiger partial charge is 0.512 e. The number of hydrogen-bond acceptors (Lipinski definition) is 8. The first-order chi connectivity index (χ1) is 13.4. The van der Waals surface area contributed by atoms with E-state index >= 15 is 0 Å². The van der Waals surface area contributed by atoms with Gasteiger partial charge in [0, 0.05) is 30.4 Å². The number of nitrogens with zero attached hydrogens (tertiary/aromatic N) is 5. The second kappa shape index (κ2) is 8.12. The lowest BCUT2D eigenvalue weighted by Crippen LogP contribution is -2.13. The summed E-state index contributed by atoms with van der Waals surface area (Å²) in [6.45, 7) is 5.53. The zero-order valence-corrected chi connectivity index (χ0v) is 16.0. The van der Waals surface area contributed by atoms with Crippen LogP contribution in [-0.4, -0.2) is 49.4 Å². The number of carbonyl (C=O) groups is 2. The van der Waals surface area contributed by atoms with Crippen molar-refractivity contribution in [1.82, 2.24) is 19.7 Å². The molecule has 1 aliphatic carbocycles. The highest BCUT2D eigenvalue weighted by molar-refractivity contribution is 6.14. The molecule has 9 nitrogen and oxygen atoms in total. The van der Waals surface area contributed by atoms with Crippen LogP contribution >= 0.6 is 0 Å². The molecule has 9 heteroatoms. The Kier molecular flexibility index (Phi) is 5.62. The Morgan fingerprint density at radius 2 is 2.04 bits per heavy atom. The number of Topliss-reactive ketones (excluding diaryl/α,β-unsaturated/α-hetero) is 1. The molecule has 0 atom stereocenters. The molecule has 28 heavy (non-hydrogen) atoms. The van der Waals surface area contributed by atoms with Crippen LogP contribution in [-0.2, 0) is 9.53 Å². The molecule has 0 saturated carbocycles. The predicted molar refractivity (Wildman–Crippen MR) is 101 cm³/mol. The van der Waals surface area contributed by atoms with Gasteiger partial charge in [-0.15, -0.1) is 0 Å². The van der Waals surface area contributed by atoms with Crippen LogP contribution in [0.5, 0.6) is 0 Å². The zero-order chi connectivity index (χ0) is 20.3. The van der Waals surface area contributed by atoms with Gasteiger partial charge < -0.3 is 9.84 Å². The Balaban J connectivity index is 2.11. The number of aliphatic imine (C=N–C) groups is 1. The van der Waals surface area contributed by atoms with E-state index in [9.17, 15) is 14.7 Å². The van der Waals surface area contributed by atoms with Crippen molar-refractivity contribution in [3.63, 3.8) is 0 Å². The summed E-state index contributed by atoms with van der Waals surface area (Å²) in [5.74, 6) is -0.431. The molecule has 0 bridgehead atoms. The third-order valence-electron chi connectivity index (χ3n) is 4.14. The fourth-order valence-corrected chi connectivity index (χ4v) is 2.89. The number of ether oxygens (including phenoxy) is 1. The zero-order valence-electron chi connectivity index (χ0n) is 16.0. The molecule has 0 radical (unpaired) electrons. The highest BCUT2D eigenvalue weighted by Crippen LogP contribution is 2.25. The summed E-state index contributed by atoms with van der Waals surface area (Å²) in [5, 5.41) is 14.2. The van der Waals surface area contributed by atoms with E-state index < -0.39 is 5.97 Å². The van der Waals surface area contributed by atoms with Gasteiger partial charge >= 0.3 is 5.97 Å². The van der Waals surface area contributed by atoms with Crippen LogP contribution in [0.25, 0.3) is 5.95 Å². The van der Waals surface area contributed by atoms with Crippen LogP contribution < -0.4 is 0 Å². The highest BCUT2D eigenvalue weighted by atomic mass is 16.5.